The van der Waals surface area contributed by atoms with Gasteiger partial charge >= 0.3 is 0 Å². The van der Waals surface area contributed by atoms with E-state index in [1.807, 2.05) is 38.4 Å². The molecule has 0 unspecified atom stereocenters. The largest absolute Gasteiger partial charge is 0.378 e. The molecule has 0 heterocycles. The van der Waals surface area contributed by atoms with Crippen molar-refractivity contribution in [3.63, 3.8) is 0 Å². The second-order valence-electron chi connectivity index (χ2n) is 7.37. The minimum Gasteiger partial charge on any atom is -0.378 e. The van der Waals surface area contributed by atoms with Gasteiger partial charge in [-0.25, -0.2) is 0 Å². The second-order valence-corrected chi connectivity index (χ2v) is 7.80. The third-order valence-corrected chi connectivity index (χ3v) is 5.63. The van der Waals surface area contributed by atoms with Gasteiger partial charge in [0.2, 0.25) is 5.91 Å². The topological polar surface area (TPSA) is 32.3 Å². The smallest absolute Gasteiger partial charge is 0.230 e. The molecule has 3 nitrogen and oxygen atoms in total. The maximum atomic E-state index is 12.8. The molecule has 1 aliphatic rings. The normalized spacial score (nSPS) is 15.2. The summed E-state index contributed by atoms with van der Waals surface area (Å²) in [7, 11) is 4.08. The van der Waals surface area contributed by atoms with Crippen LogP contribution in [0.5, 0.6) is 0 Å². The first kappa shape index (κ1) is 18.8. The summed E-state index contributed by atoms with van der Waals surface area (Å²) in [5.74, 6) is 0.147. The molecule has 3 rings (SSSR count). The van der Waals surface area contributed by atoms with Crippen molar-refractivity contribution in [2.45, 2.75) is 37.5 Å². The van der Waals surface area contributed by atoms with E-state index < -0.39 is 0 Å². The Bertz CT molecular complexity index is 751. The highest BCUT2D eigenvalue weighted by Gasteiger charge is 2.45. The Kier molecular flexibility index (Phi) is 5.87. The zero-order valence-electron chi connectivity index (χ0n) is 15.6. The molecule has 1 aliphatic carbocycles. The van der Waals surface area contributed by atoms with E-state index in [0.717, 1.165) is 37.7 Å². The van der Waals surface area contributed by atoms with Gasteiger partial charge in [-0.3, -0.25) is 4.79 Å². The molecule has 4 heteroatoms. The van der Waals surface area contributed by atoms with Gasteiger partial charge in [-0.15, -0.1) is 0 Å². The standard InChI is InChI=1S/C22H27ClN2O/c1-25(2)20-11-9-17(10-12-20)6-4-15-24-21(26)22(13-5-14-22)18-7-3-8-19(23)16-18/h3,7-12,16H,4-6,13-15H2,1-2H3,(H,24,26). The monoisotopic (exact) mass is 370 g/mol. The van der Waals surface area contributed by atoms with E-state index in [4.69, 9.17) is 11.6 Å². The lowest BCUT2D eigenvalue weighted by Gasteiger charge is -2.40. The number of benzene rings is 2. The molecule has 0 atom stereocenters. The zero-order chi connectivity index (χ0) is 18.6. The van der Waals surface area contributed by atoms with Crippen LogP contribution in [-0.4, -0.2) is 26.5 Å². The van der Waals surface area contributed by atoms with Crippen LogP contribution in [-0.2, 0) is 16.6 Å². The molecule has 1 amide bonds. The molecule has 0 saturated heterocycles. The Morgan fingerprint density at radius 3 is 2.46 bits per heavy atom. The van der Waals surface area contributed by atoms with E-state index in [0.29, 0.717) is 11.6 Å². The maximum absolute atomic E-state index is 12.8. The third-order valence-electron chi connectivity index (χ3n) is 5.40. The first-order valence-corrected chi connectivity index (χ1v) is 9.70. The fraction of sp³-hybridized carbons (Fsp3) is 0.409. The summed E-state index contributed by atoms with van der Waals surface area (Å²) in [4.78, 5) is 14.9. The fourth-order valence-corrected chi connectivity index (χ4v) is 3.78. The summed E-state index contributed by atoms with van der Waals surface area (Å²) < 4.78 is 0. The summed E-state index contributed by atoms with van der Waals surface area (Å²) in [6.07, 6.45) is 4.82. The highest BCUT2D eigenvalue weighted by Crippen LogP contribution is 2.44. The molecule has 2 aromatic carbocycles. The van der Waals surface area contributed by atoms with Gasteiger partial charge in [0.15, 0.2) is 0 Å². The number of rotatable bonds is 7. The van der Waals surface area contributed by atoms with Gasteiger partial charge in [0.1, 0.15) is 0 Å². The third kappa shape index (κ3) is 4.04. The van der Waals surface area contributed by atoms with Crippen LogP contribution in [0.15, 0.2) is 48.5 Å². The zero-order valence-corrected chi connectivity index (χ0v) is 16.4. The van der Waals surface area contributed by atoms with E-state index in [9.17, 15) is 4.79 Å². The van der Waals surface area contributed by atoms with Crippen LogP contribution in [0.2, 0.25) is 5.02 Å². The quantitative estimate of drug-likeness (QED) is 0.723. The van der Waals surface area contributed by atoms with E-state index in [1.165, 1.54) is 11.3 Å². The molecule has 1 N–H and O–H groups in total. The number of amides is 1. The molecular weight excluding hydrogens is 344 g/mol. The van der Waals surface area contributed by atoms with Crippen molar-refractivity contribution in [2.24, 2.45) is 0 Å². The lowest BCUT2D eigenvalue weighted by Crippen LogP contribution is -2.49. The lowest BCUT2D eigenvalue weighted by atomic mass is 9.64. The molecule has 0 radical (unpaired) electrons. The highest BCUT2D eigenvalue weighted by molar-refractivity contribution is 6.30. The SMILES string of the molecule is CN(C)c1ccc(CCCNC(=O)C2(c3cccc(Cl)c3)CCC2)cc1. The van der Waals surface area contributed by atoms with E-state index >= 15 is 0 Å². The highest BCUT2D eigenvalue weighted by atomic mass is 35.5. The van der Waals surface area contributed by atoms with E-state index in [1.54, 1.807) is 0 Å². The Morgan fingerprint density at radius 1 is 1.15 bits per heavy atom. The molecule has 0 aromatic heterocycles. The van der Waals surface area contributed by atoms with E-state index in [2.05, 4.69) is 34.5 Å². The molecule has 138 valence electrons. The summed E-state index contributed by atoms with van der Waals surface area (Å²) in [5, 5.41) is 3.85. The Hall–Kier alpha value is -2.00. The van der Waals surface area contributed by atoms with Gasteiger partial charge in [-0.05, 0) is 61.1 Å². The van der Waals surface area contributed by atoms with Gasteiger partial charge in [0.05, 0.1) is 5.41 Å². The van der Waals surface area contributed by atoms with Crippen molar-refractivity contribution in [1.82, 2.24) is 5.32 Å². The van der Waals surface area contributed by atoms with Crippen LogP contribution < -0.4 is 10.2 Å². The van der Waals surface area contributed by atoms with Crippen molar-refractivity contribution in [2.75, 3.05) is 25.5 Å². The molecule has 1 saturated carbocycles. The Morgan fingerprint density at radius 2 is 1.88 bits per heavy atom. The van der Waals surface area contributed by atoms with Crippen molar-refractivity contribution in [3.8, 4) is 0 Å². The number of carbonyl (C=O) groups excluding carboxylic acids is 1. The number of aryl methyl sites for hydroxylation is 1. The molecule has 1 fully saturated rings. The van der Waals surface area contributed by atoms with Crippen LogP contribution in [0.1, 0.15) is 36.8 Å². The van der Waals surface area contributed by atoms with Crippen LogP contribution >= 0.6 is 11.6 Å². The molecule has 0 aliphatic heterocycles. The number of nitrogens with one attached hydrogen (secondary N) is 1. The second kappa shape index (κ2) is 8.13. The summed E-state index contributed by atoms with van der Waals surface area (Å²) in [6, 6.07) is 16.3. The Labute approximate surface area is 161 Å². The van der Waals surface area contributed by atoms with Crippen molar-refractivity contribution < 1.29 is 4.79 Å². The van der Waals surface area contributed by atoms with Gasteiger partial charge in [0, 0.05) is 31.4 Å². The lowest BCUT2D eigenvalue weighted by molar-refractivity contribution is -0.129. The maximum Gasteiger partial charge on any atom is 0.230 e. The van der Waals surface area contributed by atoms with Crippen molar-refractivity contribution in [3.05, 3.63) is 64.7 Å². The number of hydrogen-bond acceptors (Lipinski definition) is 2. The molecule has 0 spiro atoms. The van der Waals surface area contributed by atoms with Crippen molar-refractivity contribution in [1.29, 1.82) is 0 Å². The number of nitrogens with zero attached hydrogens (tertiary/aromatic N) is 1. The first-order valence-electron chi connectivity index (χ1n) is 9.32. The van der Waals surface area contributed by atoms with Gasteiger partial charge in [0.25, 0.3) is 0 Å². The number of hydrogen-bond donors (Lipinski definition) is 1. The molecule has 2 aromatic rings. The number of anilines is 1. The average molecular weight is 371 g/mol. The van der Waals surface area contributed by atoms with Crippen LogP contribution in [0.3, 0.4) is 0 Å². The van der Waals surface area contributed by atoms with Gasteiger partial charge < -0.3 is 10.2 Å². The fourth-order valence-electron chi connectivity index (χ4n) is 3.59. The Balaban J connectivity index is 1.52. The van der Waals surface area contributed by atoms with Gasteiger partial charge in [-0.1, -0.05) is 42.3 Å². The predicted octanol–water partition coefficient (Wildman–Crippen LogP) is 4.58. The minimum absolute atomic E-state index is 0.147. The van der Waals surface area contributed by atoms with Crippen LogP contribution in [0.25, 0.3) is 0 Å². The van der Waals surface area contributed by atoms with Gasteiger partial charge in [-0.2, -0.15) is 0 Å². The summed E-state index contributed by atoms with van der Waals surface area (Å²) >= 11 is 6.13. The number of halogens is 1. The first-order chi connectivity index (χ1) is 12.5. The molecule has 0 bridgehead atoms. The van der Waals surface area contributed by atoms with E-state index in [-0.39, 0.29) is 11.3 Å². The van der Waals surface area contributed by atoms with Crippen molar-refractivity contribution >= 4 is 23.2 Å². The summed E-state index contributed by atoms with van der Waals surface area (Å²) in [6.45, 7) is 0.705. The van der Waals surface area contributed by atoms with Crippen LogP contribution in [0, 0.1) is 0 Å². The average Bonchev–Trinajstić information content (AvgIpc) is 2.58. The predicted molar refractivity (Wildman–Crippen MR) is 109 cm³/mol. The minimum atomic E-state index is -0.377. The summed E-state index contributed by atoms with van der Waals surface area (Å²) in [5.41, 5.74) is 3.18. The molecular formula is C22H27ClN2O. The molecule has 26 heavy (non-hydrogen) atoms. The van der Waals surface area contributed by atoms with Crippen LogP contribution in [0.4, 0.5) is 5.69 Å². The number of carbonyl (C=O) groups is 1.